The molecule has 0 aliphatic carbocycles. The van der Waals surface area contributed by atoms with Crippen LogP contribution in [0, 0.1) is 0 Å². The number of fused-ring (bicyclic) bond motifs is 1. The number of nitrogens with one attached hydrogen (secondary N) is 1. The van der Waals surface area contributed by atoms with E-state index >= 15 is 0 Å². The molecule has 3 heterocycles. The number of hydrogen-bond acceptors (Lipinski definition) is 5. The molecule has 4 rings (SSSR count). The van der Waals surface area contributed by atoms with Crippen molar-refractivity contribution in [3.63, 3.8) is 0 Å². The number of rotatable bonds is 2. The van der Waals surface area contributed by atoms with Crippen LogP contribution in [0.2, 0.25) is 0 Å². The number of benzene rings is 1. The van der Waals surface area contributed by atoms with E-state index in [2.05, 4.69) is 78.6 Å². The van der Waals surface area contributed by atoms with Crippen LogP contribution in [0.3, 0.4) is 0 Å². The van der Waals surface area contributed by atoms with Crippen molar-refractivity contribution in [1.29, 1.82) is 0 Å². The molecular formula is C14H12BrN5S. The Balaban J connectivity index is 1.74. The smallest absolute Gasteiger partial charge is 0.244 e. The summed E-state index contributed by atoms with van der Waals surface area (Å²) in [6.45, 7) is 0. The molecule has 0 saturated heterocycles. The first-order chi connectivity index (χ1) is 10.3. The Hall–Kier alpha value is -1.73. The summed E-state index contributed by atoms with van der Waals surface area (Å²) < 4.78 is 2.94. The maximum absolute atomic E-state index is 4.14. The molecule has 1 aliphatic heterocycles. The van der Waals surface area contributed by atoms with Gasteiger partial charge >= 0.3 is 0 Å². The lowest BCUT2D eigenvalue weighted by Gasteiger charge is -2.30. The highest BCUT2D eigenvalue weighted by molar-refractivity contribution is 9.10. The highest BCUT2D eigenvalue weighted by Crippen LogP contribution is 2.38. The van der Waals surface area contributed by atoms with E-state index in [0.717, 1.165) is 16.8 Å². The summed E-state index contributed by atoms with van der Waals surface area (Å²) in [5.41, 5.74) is 1.22. The van der Waals surface area contributed by atoms with Crippen LogP contribution < -0.4 is 5.32 Å². The zero-order valence-corrected chi connectivity index (χ0v) is 13.4. The Morgan fingerprint density at radius 2 is 2.10 bits per heavy atom. The molecule has 7 heteroatoms. The molecule has 0 bridgehead atoms. The van der Waals surface area contributed by atoms with E-state index in [-0.39, 0.29) is 12.1 Å². The summed E-state index contributed by atoms with van der Waals surface area (Å²) in [6.07, 6.45) is 0.931. The van der Waals surface area contributed by atoms with E-state index in [9.17, 15) is 0 Å². The van der Waals surface area contributed by atoms with Crippen molar-refractivity contribution in [2.24, 2.45) is 0 Å². The SMILES string of the molecule is Brc1ccc([C@H]2C[C@H](c3cccs3)Nc3nnnn32)cc1. The molecule has 1 N–H and O–H groups in total. The minimum atomic E-state index is 0.149. The van der Waals surface area contributed by atoms with Gasteiger partial charge in [-0.1, -0.05) is 39.2 Å². The molecule has 0 amide bonds. The lowest BCUT2D eigenvalue weighted by molar-refractivity contribution is 0.426. The van der Waals surface area contributed by atoms with Crippen LogP contribution in [0.15, 0.2) is 46.3 Å². The molecule has 1 aromatic carbocycles. The van der Waals surface area contributed by atoms with E-state index in [4.69, 9.17) is 0 Å². The quantitative estimate of drug-likeness (QED) is 0.756. The minimum Gasteiger partial charge on any atom is -0.345 e. The van der Waals surface area contributed by atoms with Crippen LogP contribution >= 0.6 is 27.3 Å². The van der Waals surface area contributed by atoms with Crippen LogP contribution in [0.25, 0.3) is 0 Å². The molecule has 1 aliphatic rings. The van der Waals surface area contributed by atoms with Crippen LogP contribution in [0.1, 0.15) is 28.9 Å². The van der Waals surface area contributed by atoms with Gasteiger partial charge in [-0.15, -0.1) is 11.3 Å². The van der Waals surface area contributed by atoms with Crippen molar-refractivity contribution < 1.29 is 0 Å². The first-order valence-corrected chi connectivity index (χ1v) is 8.32. The molecule has 3 aromatic rings. The van der Waals surface area contributed by atoms with Gasteiger partial charge in [0.2, 0.25) is 5.95 Å². The third-order valence-electron chi connectivity index (χ3n) is 3.69. The largest absolute Gasteiger partial charge is 0.345 e. The van der Waals surface area contributed by atoms with E-state index in [1.54, 1.807) is 11.3 Å². The second-order valence-corrected chi connectivity index (χ2v) is 6.86. The Morgan fingerprint density at radius 1 is 1.24 bits per heavy atom. The van der Waals surface area contributed by atoms with Gasteiger partial charge in [0.15, 0.2) is 0 Å². The van der Waals surface area contributed by atoms with Crippen LogP contribution in [0.4, 0.5) is 5.95 Å². The summed E-state index contributed by atoms with van der Waals surface area (Å²) in [6, 6.07) is 13.0. The summed E-state index contributed by atoms with van der Waals surface area (Å²) >= 11 is 5.24. The Kier molecular flexibility index (Phi) is 3.23. The molecule has 0 saturated carbocycles. The van der Waals surface area contributed by atoms with Crippen molar-refractivity contribution in [3.05, 3.63) is 56.7 Å². The minimum absolute atomic E-state index is 0.149. The van der Waals surface area contributed by atoms with Crippen molar-refractivity contribution in [2.45, 2.75) is 18.5 Å². The average molecular weight is 362 g/mol. The van der Waals surface area contributed by atoms with Gasteiger partial charge in [-0.2, -0.15) is 0 Å². The number of halogens is 1. The molecule has 0 unspecified atom stereocenters. The van der Waals surface area contributed by atoms with E-state index in [1.807, 2.05) is 4.68 Å². The summed E-state index contributed by atoms with van der Waals surface area (Å²) in [7, 11) is 0. The Bertz CT molecular complexity index is 737. The first-order valence-electron chi connectivity index (χ1n) is 6.64. The van der Waals surface area contributed by atoms with Gasteiger partial charge in [0.05, 0.1) is 12.1 Å². The fourth-order valence-corrected chi connectivity index (χ4v) is 3.73. The zero-order chi connectivity index (χ0) is 14.2. The lowest BCUT2D eigenvalue weighted by atomic mass is 9.97. The molecule has 0 spiro atoms. The van der Waals surface area contributed by atoms with Gasteiger partial charge in [0, 0.05) is 9.35 Å². The highest BCUT2D eigenvalue weighted by atomic mass is 79.9. The first kappa shape index (κ1) is 13.0. The van der Waals surface area contributed by atoms with Crippen LogP contribution in [-0.4, -0.2) is 20.2 Å². The third kappa shape index (κ3) is 2.36. The molecule has 2 atom stereocenters. The molecule has 0 fully saturated rings. The lowest BCUT2D eigenvalue weighted by Crippen LogP contribution is -2.27. The van der Waals surface area contributed by atoms with Crippen molar-refractivity contribution in [2.75, 3.05) is 5.32 Å². The van der Waals surface area contributed by atoms with Gasteiger partial charge in [0.1, 0.15) is 0 Å². The molecule has 5 nitrogen and oxygen atoms in total. The molecule has 2 aromatic heterocycles. The summed E-state index contributed by atoms with van der Waals surface area (Å²) in [5.74, 6) is 0.729. The maximum atomic E-state index is 4.14. The monoisotopic (exact) mass is 361 g/mol. The fourth-order valence-electron chi connectivity index (χ4n) is 2.68. The number of nitrogens with zero attached hydrogens (tertiary/aromatic N) is 4. The standard InChI is InChI=1S/C14H12BrN5S/c15-10-5-3-9(4-6-10)12-8-11(13-2-1-7-21-13)16-14-17-18-19-20(12)14/h1-7,11-12H,8H2,(H,16,17,19)/t11-,12-/m1/s1. The van der Waals surface area contributed by atoms with Crippen LogP contribution in [0.5, 0.6) is 0 Å². The van der Waals surface area contributed by atoms with Gasteiger partial charge < -0.3 is 5.32 Å². The highest BCUT2D eigenvalue weighted by Gasteiger charge is 2.30. The van der Waals surface area contributed by atoms with E-state index in [0.29, 0.717) is 0 Å². The van der Waals surface area contributed by atoms with E-state index in [1.165, 1.54) is 10.4 Å². The number of anilines is 1. The number of thiophene rings is 1. The normalized spacial score (nSPS) is 20.8. The average Bonchev–Trinajstić information content (AvgIpc) is 3.18. The Morgan fingerprint density at radius 3 is 2.86 bits per heavy atom. The van der Waals surface area contributed by atoms with Crippen LogP contribution in [-0.2, 0) is 0 Å². The predicted molar refractivity (Wildman–Crippen MR) is 85.4 cm³/mol. The third-order valence-corrected chi connectivity index (χ3v) is 5.21. The fraction of sp³-hybridized carbons (Fsp3) is 0.214. The number of tetrazole rings is 1. The Labute approximate surface area is 134 Å². The predicted octanol–water partition coefficient (Wildman–Crippen LogP) is 3.64. The molecule has 0 radical (unpaired) electrons. The van der Waals surface area contributed by atoms with Gasteiger partial charge in [0.25, 0.3) is 0 Å². The van der Waals surface area contributed by atoms with Crippen molar-refractivity contribution >= 4 is 33.2 Å². The van der Waals surface area contributed by atoms with Gasteiger partial charge in [-0.3, -0.25) is 0 Å². The van der Waals surface area contributed by atoms with Crippen molar-refractivity contribution in [3.8, 4) is 0 Å². The number of hydrogen-bond donors (Lipinski definition) is 1. The van der Waals surface area contributed by atoms with E-state index < -0.39 is 0 Å². The molecule has 106 valence electrons. The zero-order valence-electron chi connectivity index (χ0n) is 11.0. The summed E-state index contributed by atoms with van der Waals surface area (Å²) in [5, 5.41) is 17.6. The molecular weight excluding hydrogens is 350 g/mol. The van der Waals surface area contributed by atoms with Gasteiger partial charge in [-0.05, 0) is 46.0 Å². The molecule has 21 heavy (non-hydrogen) atoms. The second-order valence-electron chi connectivity index (χ2n) is 4.96. The maximum Gasteiger partial charge on any atom is 0.244 e. The number of aromatic nitrogens is 4. The summed E-state index contributed by atoms with van der Waals surface area (Å²) in [4.78, 5) is 1.31. The second kappa shape index (κ2) is 5.23. The van der Waals surface area contributed by atoms with Gasteiger partial charge in [-0.25, -0.2) is 4.68 Å². The topological polar surface area (TPSA) is 55.6 Å². The van der Waals surface area contributed by atoms with Crippen molar-refractivity contribution in [1.82, 2.24) is 20.2 Å².